The van der Waals surface area contributed by atoms with Gasteiger partial charge in [0.2, 0.25) is 0 Å². The molecule has 0 aromatic carbocycles. The Hall–Kier alpha value is -3.31. The molecule has 0 spiro atoms. The van der Waals surface area contributed by atoms with Crippen LogP contribution >= 0.6 is 0 Å². The zero-order valence-corrected chi connectivity index (χ0v) is 22.5. The van der Waals surface area contributed by atoms with E-state index >= 15 is 0 Å². The average molecular weight is 512 g/mol. The molecule has 2 aromatic heterocycles. The topological polar surface area (TPSA) is 146 Å². The van der Waals surface area contributed by atoms with Crippen LogP contribution in [0.3, 0.4) is 0 Å². The molecular weight excluding hydrogens is 474 g/mol. The first-order valence-corrected chi connectivity index (χ1v) is 15.9. The lowest BCUT2D eigenvalue weighted by atomic mass is 9.90. The van der Waals surface area contributed by atoms with Crippen LogP contribution < -0.4 is 16.4 Å². The second-order valence-electron chi connectivity index (χ2n) is 10.4. The Balaban J connectivity index is 1.76. The monoisotopic (exact) mass is 511 g/mol. The third-order valence-electron chi connectivity index (χ3n) is 6.23. The van der Waals surface area contributed by atoms with Gasteiger partial charge in [-0.05, 0) is 36.4 Å². The summed E-state index contributed by atoms with van der Waals surface area (Å²) in [6, 6.07) is 4.55. The minimum atomic E-state index is -1.23. The number of hydrogen-bond acceptors (Lipinski definition) is 8. The van der Waals surface area contributed by atoms with Gasteiger partial charge >= 0.3 is 11.8 Å². The van der Waals surface area contributed by atoms with Crippen LogP contribution in [-0.2, 0) is 14.3 Å². The predicted molar refractivity (Wildman–Crippen MR) is 145 cm³/mol. The van der Waals surface area contributed by atoms with E-state index in [2.05, 4.69) is 47.2 Å². The van der Waals surface area contributed by atoms with Crippen LogP contribution in [-0.4, -0.2) is 60.9 Å². The summed E-state index contributed by atoms with van der Waals surface area (Å²) >= 11 is 0. The van der Waals surface area contributed by atoms with Crippen molar-refractivity contribution in [2.24, 2.45) is 5.92 Å². The molecule has 194 valence electrons. The second-order valence-corrected chi connectivity index (χ2v) is 16.0. The molecule has 0 radical (unpaired) electrons. The Bertz CT molecular complexity index is 1080. The molecule has 10 nitrogen and oxygen atoms in total. The van der Waals surface area contributed by atoms with E-state index in [-0.39, 0.29) is 30.2 Å². The van der Waals surface area contributed by atoms with E-state index in [1.807, 2.05) is 12.1 Å². The quantitative estimate of drug-likeness (QED) is 0.132. The number of anilines is 3. The number of ether oxygens (including phenoxy) is 1. The summed E-state index contributed by atoms with van der Waals surface area (Å²) in [4.78, 5) is 36.3. The number of nitrogens with one attached hydrogen (secondary N) is 3. The van der Waals surface area contributed by atoms with Gasteiger partial charge in [0.25, 0.3) is 0 Å². The molecule has 1 aliphatic rings. The van der Waals surface area contributed by atoms with Crippen molar-refractivity contribution < 1.29 is 14.3 Å². The fraction of sp³-hybridized carbons (Fsp3) is 0.480. The molecule has 2 atom stereocenters. The first-order valence-electron chi connectivity index (χ1n) is 12.2. The highest BCUT2D eigenvalue weighted by Gasteiger charge is 2.34. The first kappa shape index (κ1) is 27.3. The molecule has 1 fully saturated rings. The zero-order valence-electron chi connectivity index (χ0n) is 21.5. The lowest BCUT2D eigenvalue weighted by Gasteiger charge is -2.38. The van der Waals surface area contributed by atoms with Gasteiger partial charge in [0.05, 0.1) is 29.2 Å². The Labute approximate surface area is 213 Å². The molecule has 36 heavy (non-hydrogen) atoms. The standard InChI is InChI=1S/C25H37N7O3Si/c1-17-7-8-21(18-6-5-9-28-13-18)32(15-17)25(34)24(33)31-20-14-29-23(27)19(12-26)22(20)30-16-35-10-11-36(2,3)4/h5-6,9,12-14,17,21,26H,7-8,10-11,15-16H2,1-4H3,(H,31,33)(H3,27,29,30)/t17-,21+/m0/s1. The fourth-order valence-corrected chi connectivity index (χ4v) is 4.91. The minimum absolute atomic E-state index is 0.139. The molecule has 2 aromatic rings. The van der Waals surface area contributed by atoms with Crippen LogP contribution in [0.5, 0.6) is 0 Å². The van der Waals surface area contributed by atoms with Crippen molar-refractivity contribution in [3.8, 4) is 0 Å². The Morgan fingerprint density at radius 2 is 2.08 bits per heavy atom. The maximum Gasteiger partial charge on any atom is 0.314 e. The van der Waals surface area contributed by atoms with E-state index in [0.717, 1.165) is 30.7 Å². The Morgan fingerprint density at radius 3 is 2.75 bits per heavy atom. The summed E-state index contributed by atoms with van der Waals surface area (Å²) in [7, 11) is -1.23. The van der Waals surface area contributed by atoms with Gasteiger partial charge in [-0.2, -0.15) is 0 Å². The number of hydrogen-bond donors (Lipinski definition) is 4. The van der Waals surface area contributed by atoms with E-state index in [9.17, 15) is 9.59 Å². The molecule has 3 rings (SSSR count). The van der Waals surface area contributed by atoms with Crippen LogP contribution in [0.25, 0.3) is 0 Å². The highest BCUT2D eigenvalue weighted by atomic mass is 28.3. The first-order chi connectivity index (χ1) is 17.1. The number of nitrogen functional groups attached to an aromatic ring is 1. The van der Waals surface area contributed by atoms with E-state index in [4.69, 9.17) is 15.9 Å². The average Bonchev–Trinajstić information content (AvgIpc) is 2.84. The summed E-state index contributed by atoms with van der Waals surface area (Å²) in [5.74, 6) is -0.979. The highest BCUT2D eigenvalue weighted by molar-refractivity contribution is 6.76. The smallest absolute Gasteiger partial charge is 0.314 e. The van der Waals surface area contributed by atoms with Crippen molar-refractivity contribution in [1.29, 1.82) is 5.41 Å². The van der Waals surface area contributed by atoms with E-state index in [1.165, 1.54) is 6.20 Å². The fourth-order valence-electron chi connectivity index (χ4n) is 4.15. The van der Waals surface area contributed by atoms with E-state index in [0.29, 0.717) is 24.4 Å². The number of nitrogens with zero attached hydrogens (tertiary/aromatic N) is 3. The van der Waals surface area contributed by atoms with Crippen LogP contribution in [0.1, 0.15) is 36.9 Å². The van der Waals surface area contributed by atoms with Crippen LogP contribution in [0.2, 0.25) is 25.7 Å². The van der Waals surface area contributed by atoms with Crippen molar-refractivity contribution in [1.82, 2.24) is 14.9 Å². The molecular formula is C25H37N7O3Si. The second kappa shape index (κ2) is 12.1. The number of nitrogens with two attached hydrogens (primary N) is 1. The number of carbonyl (C=O) groups excluding carboxylic acids is 2. The Morgan fingerprint density at radius 1 is 1.31 bits per heavy atom. The minimum Gasteiger partial charge on any atom is -0.383 e. The summed E-state index contributed by atoms with van der Waals surface area (Å²) in [5, 5.41) is 13.6. The predicted octanol–water partition coefficient (Wildman–Crippen LogP) is 3.72. The number of carbonyl (C=O) groups is 2. The summed E-state index contributed by atoms with van der Waals surface area (Å²) in [6.07, 6.45) is 7.59. The van der Waals surface area contributed by atoms with Crippen molar-refractivity contribution in [2.45, 2.75) is 51.5 Å². The molecule has 0 saturated carbocycles. The number of aromatic nitrogens is 2. The van der Waals surface area contributed by atoms with Crippen LogP contribution in [0.4, 0.5) is 17.2 Å². The van der Waals surface area contributed by atoms with Crippen LogP contribution in [0.15, 0.2) is 30.7 Å². The third kappa shape index (κ3) is 7.11. The Kier molecular flexibility index (Phi) is 9.16. The number of amides is 2. The van der Waals surface area contributed by atoms with Gasteiger partial charge in [-0.3, -0.25) is 14.6 Å². The number of likely N-dealkylation sites (tertiary alicyclic amines) is 1. The number of pyridine rings is 2. The normalized spacial score (nSPS) is 17.9. The molecule has 0 aliphatic carbocycles. The van der Waals surface area contributed by atoms with E-state index < -0.39 is 19.9 Å². The third-order valence-corrected chi connectivity index (χ3v) is 7.93. The lowest BCUT2D eigenvalue weighted by molar-refractivity contribution is -0.146. The number of piperidine rings is 1. The molecule has 1 aliphatic heterocycles. The largest absolute Gasteiger partial charge is 0.383 e. The van der Waals surface area contributed by atoms with Gasteiger partial charge in [0.1, 0.15) is 12.5 Å². The van der Waals surface area contributed by atoms with Gasteiger partial charge in [-0.15, -0.1) is 0 Å². The highest BCUT2D eigenvalue weighted by Crippen LogP contribution is 2.33. The zero-order chi connectivity index (χ0) is 26.3. The van der Waals surface area contributed by atoms with Gasteiger partial charge in [0, 0.05) is 39.8 Å². The summed E-state index contributed by atoms with van der Waals surface area (Å²) in [5.41, 5.74) is 7.84. The molecule has 1 saturated heterocycles. The molecule has 5 N–H and O–H groups in total. The molecule has 11 heteroatoms. The molecule has 3 heterocycles. The maximum absolute atomic E-state index is 13.3. The van der Waals surface area contributed by atoms with Gasteiger partial charge < -0.3 is 31.4 Å². The SMILES string of the molecule is C[C@H]1CC[C@H](c2cccnc2)N(C(=O)C(=O)Nc2cnc(N)c(C=N)c2NCOCC[Si](C)(C)C)C1. The van der Waals surface area contributed by atoms with Crippen LogP contribution in [0, 0.1) is 11.3 Å². The van der Waals surface area contributed by atoms with Gasteiger partial charge in [-0.1, -0.05) is 32.6 Å². The molecule has 0 unspecified atom stereocenters. The van der Waals surface area contributed by atoms with E-state index in [1.54, 1.807) is 17.3 Å². The maximum atomic E-state index is 13.3. The summed E-state index contributed by atoms with van der Waals surface area (Å²) < 4.78 is 5.72. The molecule has 2 amide bonds. The van der Waals surface area contributed by atoms with Crippen molar-refractivity contribution in [2.75, 3.05) is 36.2 Å². The van der Waals surface area contributed by atoms with Crippen molar-refractivity contribution in [3.63, 3.8) is 0 Å². The van der Waals surface area contributed by atoms with Crippen molar-refractivity contribution in [3.05, 3.63) is 41.9 Å². The van der Waals surface area contributed by atoms with Crippen molar-refractivity contribution >= 4 is 43.3 Å². The van der Waals surface area contributed by atoms with Gasteiger partial charge in [0.15, 0.2) is 0 Å². The molecule has 0 bridgehead atoms. The number of rotatable bonds is 9. The lowest BCUT2D eigenvalue weighted by Crippen LogP contribution is -2.46. The summed E-state index contributed by atoms with van der Waals surface area (Å²) in [6.45, 7) is 10.1. The van der Waals surface area contributed by atoms with Gasteiger partial charge in [-0.25, -0.2) is 4.98 Å².